The number of hydrogen-bond donors (Lipinski definition) is 1. The van der Waals surface area contributed by atoms with Gasteiger partial charge in [-0.3, -0.25) is 0 Å². The molecular weight excluding hydrogens is 260 g/mol. The molecule has 2 unspecified atom stereocenters. The molecule has 0 fully saturated rings. The third kappa shape index (κ3) is 3.77. The molecule has 0 saturated heterocycles. The molecule has 114 valence electrons. The van der Waals surface area contributed by atoms with Gasteiger partial charge in [0.15, 0.2) is 11.5 Å². The Hall–Kier alpha value is -1.46. The predicted molar refractivity (Wildman–Crippen MR) is 76.7 cm³/mol. The number of aliphatic hydroxyl groups excluding tert-OH is 1. The van der Waals surface area contributed by atoms with Crippen LogP contribution in [0.5, 0.6) is 17.2 Å². The van der Waals surface area contributed by atoms with Crippen molar-refractivity contribution in [2.24, 2.45) is 5.92 Å². The summed E-state index contributed by atoms with van der Waals surface area (Å²) in [5.41, 5.74) is 0.739. The number of methoxy groups -OCH3 is 4. The molecular formula is C15H24O5. The van der Waals surface area contributed by atoms with Gasteiger partial charge in [-0.25, -0.2) is 0 Å². The van der Waals surface area contributed by atoms with Gasteiger partial charge in [-0.1, -0.05) is 6.92 Å². The summed E-state index contributed by atoms with van der Waals surface area (Å²) in [5, 5.41) is 10.4. The quantitative estimate of drug-likeness (QED) is 0.794. The second kappa shape index (κ2) is 7.97. The Bertz CT molecular complexity index is 394. The average Bonchev–Trinajstić information content (AvgIpc) is 2.49. The highest BCUT2D eigenvalue weighted by Crippen LogP contribution is 2.41. The smallest absolute Gasteiger partial charge is 0.203 e. The summed E-state index contributed by atoms with van der Waals surface area (Å²) in [6, 6.07) is 3.55. The molecule has 20 heavy (non-hydrogen) atoms. The Labute approximate surface area is 120 Å². The second-order valence-electron chi connectivity index (χ2n) is 4.66. The first-order chi connectivity index (χ1) is 9.58. The molecule has 0 aromatic heterocycles. The molecule has 0 radical (unpaired) electrons. The van der Waals surface area contributed by atoms with Crippen LogP contribution in [0, 0.1) is 5.92 Å². The fraction of sp³-hybridized carbons (Fsp3) is 0.600. The summed E-state index contributed by atoms with van der Waals surface area (Å²) in [5.74, 6) is 1.67. The van der Waals surface area contributed by atoms with E-state index in [0.717, 1.165) is 12.0 Å². The molecule has 5 heteroatoms. The van der Waals surface area contributed by atoms with Crippen molar-refractivity contribution in [1.29, 1.82) is 0 Å². The lowest BCUT2D eigenvalue weighted by atomic mass is 9.94. The topological polar surface area (TPSA) is 57.2 Å². The van der Waals surface area contributed by atoms with Crippen molar-refractivity contribution in [3.8, 4) is 17.2 Å². The van der Waals surface area contributed by atoms with E-state index in [1.54, 1.807) is 40.6 Å². The van der Waals surface area contributed by atoms with Crippen LogP contribution < -0.4 is 14.2 Å². The molecule has 1 rings (SSSR count). The van der Waals surface area contributed by atoms with Gasteiger partial charge in [0, 0.05) is 13.7 Å². The van der Waals surface area contributed by atoms with E-state index >= 15 is 0 Å². The lowest BCUT2D eigenvalue weighted by Crippen LogP contribution is -2.12. The number of aliphatic hydroxyl groups is 1. The summed E-state index contributed by atoms with van der Waals surface area (Å²) < 4.78 is 20.9. The van der Waals surface area contributed by atoms with Gasteiger partial charge in [0.2, 0.25) is 5.75 Å². The lowest BCUT2D eigenvalue weighted by molar-refractivity contribution is 0.0881. The van der Waals surface area contributed by atoms with E-state index in [0.29, 0.717) is 23.9 Å². The minimum Gasteiger partial charge on any atom is -0.493 e. The highest BCUT2D eigenvalue weighted by Gasteiger charge is 2.21. The van der Waals surface area contributed by atoms with Crippen LogP contribution in [0.2, 0.25) is 0 Å². The fourth-order valence-corrected chi connectivity index (χ4v) is 2.06. The molecule has 1 N–H and O–H groups in total. The van der Waals surface area contributed by atoms with Crippen molar-refractivity contribution >= 4 is 0 Å². The average molecular weight is 284 g/mol. The van der Waals surface area contributed by atoms with Gasteiger partial charge in [-0.2, -0.15) is 0 Å². The summed E-state index contributed by atoms with van der Waals surface area (Å²) in [7, 11) is 6.32. The zero-order valence-corrected chi connectivity index (χ0v) is 12.8. The van der Waals surface area contributed by atoms with Gasteiger partial charge < -0.3 is 24.1 Å². The predicted octanol–water partition coefficient (Wildman–Crippen LogP) is 2.42. The van der Waals surface area contributed by atoms with E-state index in [1.165, 1.54) is 0 Å². The van der Waals surface area contributed by atoms with E-state index in [2.05, 4.69) is 0 Å². The zero-order valence-electron chi connectivity index (χ0n) is 12.8. The van der Waals surface area contributed by atoms with Crippen LogP contribution in [-0.4, -0.2) is 40.2 Å². The van der Waals surface area contributed by atoms with Crippen LogP contribution in [0.1, 0.15) is 25.0 Å². The number of benzene rings is 1. The summed E-state index contributed by atoms with van der Waals surface area (Å²) in [6.45, 7) is 2.59. The monoisotopic (exact) mass is 284 g/mol. The summed E-state index contributed by atoms with van der Waals surface area (Å²) >= 11 is 0. The Kier molecular flexibility index (Phi) is 6.61. The van der Waals surface area contributed by atoms with Crippen molar-refractivity contribution in [3.63, 3.8) is 0 Å². The second-order valence-corrected chi connectivity index (χ2v) is 4.66. The number of hydrogen-bond acceptors (Lipinski definition) is 5. The molecule has 0 aliphatic heterocycles. The third-order valence-electron chi connectivity index (χ3n) is 3.34. The van der Waals surface area contributed by atoms with E-state index in [4.69, 9.17) is 18.9 Å². The summed E-state index contributed by atoms with van der Waals surface area (Å²) in [6.07, 6.45) is 0.160. The first kappa shape index (κ1) is 16.6. The van der Waals surface area contributed by atoms with Gasteiger partial charge in [-0.05, 0) is 30.0 Å². The first-order valence-electron chi connectivity index (χ1n) is 6.55. The number of ether oxygens (including phenoxy) is 4. The third-order valence-corrected chi connectivity index (χ3v) is 3.34. The van der Waals surface area contributed by atoms with Crippen LogP contribution in [-0.2, 0) is 4.74 Å². The van der Waals surface area contributed by atoms with E-state index < -0.39 is 6.10 Å². The van der Waals surface area contributed by atoms with Gasteiger partial charge in [0.1, 0.15) is 0 Å². The van der Waals surface area contributed by atoms with Crippen molar-refractivity contribution in [3.05, 3.63) is 17.7 Å². The Morgan fingerprint density at radius 2 is 1.55 bits per heavy atom. The van der Waals surface area contributed by atoms with Crippen molar-refractivity contribution in [1.82, 2.24) is 0 Å². The van der Waals surface area contributed by atoms with E-state index in [9.17, 15) is 5.11 Å². The van der Waals surface area contributed by atoms with Crippen molar-refractivity contribution in [2.75, 3.05) is 35.0 Å². The fourth-order valence-electron chi connectivity index (χ4n) is 2.06. The molecule has 0 bridgehead atoms. The lowest BCUT2D eigenvalue weighted by Gasteiger charge is -2.21. The van der Waals surface area contributed by atoms with Crippen LogP contribution in [0.4, 0.5) is 0 Å². The number of rotatable bonds is 8. The molecule has 0 heterocycles. The zero-order chi connectivity index (χ0) is 15.1. The molecule has 0 saturated carbocycles. The molecule has 0 aliphatic carbocycles. The molecule has 0 spiro atoms. The molecule has 5 nitrogen and oxygen atoms in total. The van der Waals surface area contributed by atoms with Crippen molar-refractivity contribution in [2.45, 2.75) is 19.4 Å². The standard InChI is InChI=1S/C15H24O5/c1-10(6-7-17-2)14(16)11-8-12(18-3)15(20-5)13(9-11)19-4/h8-10,14,16H,6-7H2,1-5H3. The first-order valence-corrected chi connectivity index (χ1v) is 6.55. The largest absolute Gasteiger partial charge is 0.493 e. The maximum Gasteiger partial charge on any atom is 0.203 e. The van der Waals surface area contributed by atoms with Crippen LogP contribution >= 0.6 is 0 Å². The SMILES string of the molecule is COCCC(C)C(O)c1cc(OC)c(OC)c(OC)c1. The Morgan fingerprint density at radius 1 is 1.00 bits per heavy atom. The van der Waals surface area contributed by atoms with Gasteiger partial charge in [0.05, 0.1) is 27.4 Å². The summed E-state index contributed by atoms with van der Waals surface area (Å²) in [4.78, 5) is 0. The van der Waals surface area contributed by atoms with Crippen LogP contribution in [0.25, 0.3) is 0 Å². The molecule has 1 aromatic carbocycles. The molecule has 2 atom stereocenters. The van der Waals surface area contributed by atoms with Gasteiger partial charge >= 0.3 is 0 Å². The highest BCUT2D eigenvalue weighted by atomic mass is 16.5. The van der Waals surface area contributed by atoms with Crippen molar-refractivity contribution < 1.29 is 24.1 Å². The van der Waals surface area contributed by atoms with Crippen LogP contribution in [0.15, 0.2) is 12.1 Å². The normalized spacial score (nSPS) is 13.7. The van der Waals surface area contributed by atoms with Gasteiger partial charge in [-0.15, -0.1) is 0 Å². The molecule has 1 aromatic rings. The minimum absolute atomic E-state index is 0.0674. The Balaban J connectivity index is 3.05. The maximum absolute atomic E-state index is 10.4. The van der Waals surface area contributed by atoms with E-state index in [1.807, 2.05) is 6.92 Å². The minimum atomic E-state index is -0.612. The van der Waals surface area contributed by atoms with E-state index in [-0.39, 0.29) is 5.92 Å². The molecule has 0 aliphatic rings. The van der Waals surface area contributed by atoms with Crippen LogP contribution in [0.3, 0.4) is 0 Å². The van der Waals surface area contributed by atoms with Gasteiger partial charge in [0.25, 0.3) is 0 Å². The highest BCUT2D eigenvalue weighted by molar-refractivity contribution is 5.54. The molecule has 0 amide bonds. The Morgan fingerprint density at radius 3 is 1.95 bits per heavy atom. The maximum atomic E-state index is 10.4.